The molecular weight excluding hydrogens is 192 g/mol. The number of carbonyl (C=O) groups is 1. The van der Waals surface area contributed by atoms with E-state index in [1.54, 1.807) is 6.07 Å². The molecule has 0 bridgehead atoms. The van der Waals surface area contributed by atoms with Crippen LogP contribution in [0.25, 0.3) is 0 Å². The molecule has 1 aromatic heterocycles. The molecule has 0 aromatic carbocycles. The molecule has 0 atom stereocenters. The van der Waals surface area contributed by atoms with Crippen LogP contribution >= 0.6 is 0 Å². The average Bonchev–Trinajstić information content (AvgIpc) is 2.26. The van der Waals surface area contributed by atoms with Gasteiger partial charge in [0.25, 0.3) is 0 Å². The first kappa shape index (κ1) is 11.5. The standard InChI is InChI=1S/C11H16N2O2/c1-3-7-13(4-2)9-5-6-12-10(8-9)11(14)15/h5-6,8H,3-4,7H2,1-2H3,(H,14,15). The first-order valence-corrected chi connectivity index (χ1v) is 5.13. The van der Waals surface area contributed by atoms with Gasteiger partial charge in [0.2, 0.25) is 0 Å². The van der Waals surface area contributed by atoms with Gasteiger partial charge in [-0.2, -0.15) is 0 Å². The van der Waals surface area contributed by atoms with Crippen molar-refractivity contribution in [1.29, 1.82) is 0 Å². The first-order valence-electron chi connectivity index (χ1n) is 5.13. The van der Waals surface area contributed by atoms with Crippen molar-refractivity contribution in [1.82, 2.24) is 4.98 Å². The lowest BCUT2D eigenvalue weighted by molar-refractivity contribution is 0.0690. The van der Waals surface area contributed by atoms with Crippen LogP contribution in [0.1, 0.15) is 30.8 Å². The second-order valence-corrected chi connectivity index (χ2v) is 3.28. The summed E-state index contributed by atoms with van der Waals surface area (Å²) in [6.07, 6.45) is 2.58. The van der Waals surface area contributed by atoms with E-state index in [0.717, 1.165) is 25.2 Å². The van der Waals surface area contributed by atoms with Gasteiger partial charge in [-0.05, 0) is 25.5 Å². The Bertz CT molecular complexity index is 339. The molecule has 0 aliphatic rings. The Morgan fingerprint density at radius 1 is 1.53 bits per heavy atom. The second kappa shape index (κ2) is 5.34. The normalized spacial score (nSPS) is 10.0. The SMILES string of the molecule is CCCN(CC)c1ccnc(C(=O)O)c1. The summed E-state index contributed by atoms with van der Waals surface area (Å²) in [7, 11) is 0. The fourth-order valence-electron chi connectivity index (χ4n) is 1.47. The van der Waals surface area contributed by atoms with E-state index in [4.69, 9.17) is 5.11 Å². The molecule has 0 spiro atoms. The van der Waals surface area contributed by atoms with Crippen LogP contribution in [0, 0.1) is 0 Å². The molecule has 82 valence electrons. The Morgan fingerprint density at radius 3 is 2.80 bits per heavy atom. The molecule has 1 rings (SSSR count). The maximum atomic E-state index is 10.7. The molecule has 0 amide bonds. The number of carboxylic acids is 1. The number of anilines is 1. The van der Waals surface area contributed by atoms with Gasteiger partial charge in [0.1, 0.15) is 5.69 Å². The zero-order valence-corrected chi connectivity index (χ0v) is 9.10. The molecule has 0 fully saturated rings. The van der Waals surface area contributed by atoms with Gasteiger partial charge in [-0.15, -0.1) is 0 Å². The fraction of sp³-hybridized carbons (Fsp3) is 0.455. The molecule has 0 saturated heterocycles. The van der Waals surface area contributed by atoms with E-state index in [-0.39, 0.29) is 5.69 Å². The second-order valence-electron chi connectivity index (χ2n) is 3.28. The Morgan fingerprint density at radius 2 is 2.27 bits per heavy atom. The van der Waals surface area contributed by atoms with E-state index in [1.165, 1.54) is 6.20 Å². The van der Waals surface area contributed by atoms with E-state index in [9.17, 15) is 4.79 Å². The van der Waals surface area contributed by atoms with Crippen molar-refractivity contribution in [2.45, 2.75) is 20.3 Å². The highest BCUT2D eigenvalue weighted by Crippen LogP contribution is 2.14. The van der Waals surface area contributed by atoms with E-state index in [1.807, 2.05) is 6.07 Å². The number of carboxylic acid groups (broad SMARTS) is 1. The first-order chi connectivity index (χ1) is 7.19. The summed E-state index contributed by atoms with van der Waals surface area (Å²) in [5, 5.41) is 8.81. The largest absolute Gasteiger partial charge is 0.477 e. The minimum atomic E-state index is -0.982. The number of pyridine rings is 1. The summed E-state index contributed by atoms with van der Waals surface area (Å²) in [5.74, 6) is -0.982. The van der Waals surface area contributed by atoms with Crippen LogP contribution in [-0.2, 0) is 0 Å². The highest BCUT2D eigenvalue weighted by atomic mass is 16.4. The summed E-state index contributed by atoms with van der Waals surface area (Å²) in [6.45, 7) is 5.95. The van der Waals surface area contributed by atoms with Gasteiger partial charge < -0.3 is 10.0 Å². The van der Waals surface area contributed by atoms with Crippen LogP contribution in [0.15, 0.2) is 18.3 Å². The molecule has 1 aromatic rings. The third kappa shape index (κ3) is 2.94. The molecule has 1 heterocycles. The molecule has 1 N–H and O–H groups in total. The molecule has 0 aliphatic heterocycles. The highest BCUT2D eigenvalue weighted by Gasteiger charge is 2.08. The number of aromatic nitrogens is 1. The molecule has 0 aliphatic carbocycles. The van der Waals surface area contributed by atoms with Crippen molar-refractivity contribution in [3.05, 3.63) is 24.0 Å². The van der Waals surface area contributed by atoms with Crippen LogP contribution in [0.2, 0.25) is 0 Å². The minimum Gasteiger partial charge on any atom is -0.477 e. The Hall–Kier alpha value is -1.58. The summed E-state index contributed by atoms with van der Waals surface area (Å²) in [6, 6.07) is 3.45. The molecule has 15 heavy (non-hydrogen) atoms. The molecule has 4 nitrogen and oxygen atoms in total. The number of rotatable bonds is 5. The van der Waals surface area contributed by atoms with Crippen molar-refractivity contribution < 1.29 is 9.90 Å². The zero-order valence-electron chi connectivity index (χ0n) is 9.10. The number of hydrogen-bond acceptors (Lipinski definition) is 3. The quantitative estimate of drug-likeness (QED) is 0.804. The molecule has 0 unspecified atom stereocenters. The molecular formula is C11H16N2O2. The van der Waals surface area contributed by atoms with Crippen LogP contribution in [0.3, 0.4) is 0 Å². The van der Waals surface area contributed by atoms with E-state index in [0.29, 0.717) is 0 Å². The third-order valence-electron chi connectivity index (χ3n) is 2.20. The lowest BCUT2D eigenvalue weighted by Gasteiger charge is -2.22. The summed E-state index contributed by atoms with van der Waals surface area (Å²) < 4.78 is 0. The van der Waals surface area contributed by atoms with E-state index >= 15 is 0 Å². The third-order valence-corrected chi connectivity index (χ3v) is 2.20. The van der Waals surface area contributed by atoms with Crippen LogP contribution in [-0.4, -0.2) is 29.1 Å². The fourth-order valence-corrected chi connectivity index (χ4v) is 1.47. The van der Waals surface area contributed by atoms with Crippen LogP contribution < -0.4 is 4.90 Å². The van der Waals surface area contributed by atoms with E-state index < -0.39 is 5.97 Å². The smallest absolute Gasteiger partial charge is 0.354 e. The van der Waals surface area contributed by atoms with Crippen molar-refractivity contribution in [2.24, 2.45) is 0 Å². The van der Waals surface area contributed by atoms with Crippen molar-refractivity contribution in [3.8, 4) is 0 Å². The van der Waals surface area contributed by atoms with Gasteiger partial charge in [-0.25, -0.2) is 9.78 Å². The number of hydrogen-bond donors (Lipinski definition) is 1. The summed E-state index contributed by atoms with van der Waals surface area (Å²) >= 11 is 0. The minimum absolute atomic E-state index is 0.0991. The molecule has 4 heteroatoms. The highest BCUT2D eigenvalue weighted by molar-refractivity contribution is 5.86. The van der Waals surface area contributed by atoms with E-state index in [2.05, 4.69) is 23.7 Å². The number of nitrogens with zero attached hydrogens (tertiary/aromatic N) is 2. The Balaban J connectivity index is 2.92. The van der Waals surface area contributed by atoms with Crippen molar-refractivity contribution in [2.75, 3.05) is 18.0 Å². The Kier molecular flexibility index (Phi) is 4.09. The lowest BCUT2D eigenvalue weighted by Crippen LogP contribution is -2.23. The van der Waals surface area contributed by atoms with Crippen molar-refractivity contribution in [3.63, 3.8) is 0 Å². The zero-order chi connectivity index (χ0) is 11.3. The monoisotopic (exact) mass is 208 g/mol. The average molecular weight is 208 g/mol. The van der Waals surface area contributed by atoms with Crippen LogP contribution in [0.4, 0.5) is 5.69 Å². The van der Waals surface area contributed by atoms with Gasteiger partial charge >= 0.3 is 5.97 Å². The Labute approximate surface area is 89.6 Å². The number of aromatic carboxylic acids is 1. The predicted octanol–water partition coefficient (Wildman–Crippen LogP) is 2.02. The summed E-state index contributed by atoms with van der Waals surface area (Å²) in [5.41, 5.74) is 1.02. The maximum Gasteiger partial charge on any atom is 0.354 e. The van der Waals surface area contributed by atoms with Gasteiger partial charge in [0.05, 0.1) is 0 Å². The van der Waals surface area contributed by atoms with Gasteiger partial charge in [0, 0.05) is 25.0 Å². The predicted molar refractivity (Wildman–Crippen MR) is 59.4 cm³/mol. The molecule has 0 radical (unpaired) electrons. The van der Waals surface area contributed by atoms with Gasteiger partial charge in [-0.1, -0.05) is 6.92 Å². The molecule has 0 saturated carbocycles. The van der Waals surface area contributed by atoms with Crippen LogP contribution in [0.5, 0.6) is 0 Å². The van der Waals surface area contributed by atoms with Crippen molar-refractivity contribution >= 4 is 11.7 Å². The topological polar surface area (TPSA) is 53.4 Å². The lowest BCUT2D eigenvalue weighted by atomic mass is 10.2. The van der Waals surface area contributed by atoms with Gasteiger partial charge in [0.15, 0.2) is 0 Å². The summed E-state index contributed by atoms with van der Waals surface area (Å²) in [4.78, 5) is 16.7. The van der Waals surface area contributed by atoms with Gasteiger partial charge in [-0.3, -0.25) is 0 Å². The maximum absolute atomic E-state index is 10.7.